The Hall–Kier alpha value is -3.28. The fraction of sp³-hybridized carbons (Fsp3) is 0.200. The van der Waals surface area contributed by atoms with Crippen LogP contribution < -0.4 is 14.2 Å². The zero-order valence-corrected chi connectivity index (χ0v) is 14.9. The summed E-state index contributed by atoms with van der Waals surface area (Å²) in [6.07, 6.45) is 5.50. The van der Waals surface area contributed by atoms with E-state index in [4.69, 9.17) is 14.2 Å². The number of aromatic hydroxyl groups is 3. The highest BCUT2D eigenvalue weighted by Gasteiger charge is 2.18. The summed E-state index contributed by atoms with van der Waals surface area (Å²) in [4.78, 5) is 0. The van der Waals surface area contributed by atoms with Gasteiger partial charge in [0.05, 0.1) is 21.3 Å². The molecule has 0 aliphatic heterocycles. The van der Waals surface area contributed by atoms with E-state index in [-0.39, 0.29) is 34.5 Å². The summed E-state index contributed by atoms with van der Waals surface area (Å²) in [5.74, 6) is -0.284. The van der Waals surface area contributed by atoms with Crippen molar-refractivity contribution in [1.29, 1.82) is 0 Å². The third-order valence-electron chi connectivity index (χ3n) is 3.72. The molecule has 0 fully saturated rings. The van der Waals surface area contributed by atoms with Crippen molar-refractivity contribution >= 4 is 5.57 Å². The average Bonchev–Trinajstić information content (AvgIpc) is 3.53. The Kier molecular flexibility index (Phi) is 6.01. The van der Waals surface area contributed by atoms with Gasteiger partial charge in [-0.3, -0.25) is 0 Å². The van der Waals surface area contributed by atoms with Crippen molar-refractivity contribution in [3.63, 3.8) is 0 Å². The molecule has 0 aromatic heterocycles. The minimum atomic E-state index is -0.371. The normalized spacial score (nSPS) is 11.2. The molecule has 0 atom stereocenters. The van der Waals surface area contributed by atoms with E-state index in [1.54, 1.807) is 18.2 Å². The molecule has 0 amide bonds. The van der Waals surface area contributed by atoms with Gasteiger partial charge in [0.25, 0.3) is 0 Å². The first-order valence-corrected chi connectivity index (χ1v) is 7.83. The van der Waals surface area contributed by atoms with Gasteiger partial charge in [-0.05, 0) is 41.8 Å². The van der Waals surface area contributed by atoms with E-state index in [1.807, 2.05) is 0 Å². The first-order valence-electron chi connectivity index (χ1n) is 7.83. The maximum absolute atomic E-state index is 10.1. The first kappa shape index (κ1) is 19.1. The molecule has 0 heterocycles. The maximum Gasteiger partial charge on any atom is 0.201 e. The lowest BCUT2D eigenvalue weighted by atomic mass is 9.97. The highest BCUT2D eigenvalue weighted by Crippen LogP contribution is 2.44. The molecule has 138 valence electrons. The van der Waals surface area contributed by atoms with Crippen molar-refractivity contribution in [2.75, 3.05) is 21.3 Å². The van der Waals surface area contributed by atoms with Gasteiger partial charge >= 0.3 is 0 Å². The van der Waals surface area contributed by atoms with E-state index in [0.717, 1.165) is 0 Å². The minimum absolute atomic E-state index is 0.131. The zero-order chi connectivity index (χ0) is 19.3. The number of benzene rings is 2. The lowest BCUT2D eigenvalue weighted by molar-refractivity contribution is 0.339. The van der Waals surface area contributed by atoms with Gasteiger partial charge in [-0.1, -0.05) is 18.7 Å². The van der Waals surface area contributed by atoms with Crippen LogP contribution in [0.4, 0.5) is 0 Å². The highest BCUT2D eigenvalue weighted by molar-refractivity contribution is 5.84. The number of phenols is 3. The van der Waals surface area contributed by atoms with Crippen molar-refractivity contribution in [2.24, 2.45) is 0 Å². The third-order valence-corrected chi connectivity index (χ3v) is 3.72. The number of allylic oxidation sites excluding steroid dienone is 2. The van der Waals surface area contributed by atoms with Crippen molar-refractivity contribution < 1.29 is 29.5 Å². The van der Waals surface area contributed by atoms with Crippen LogP contribution in [-0.4, -0.2) is 36.6 Å². The molecule has 2 aromatic rings. The predicted octanol–water partition coefficient (Wildman–Crippen LogP) is 3.84. The van der Waals surface area contributed by atoms with Gasteiger partial charge in [0, 0.05) is 5.56 Å². The number of methoxy groups -OCH3 is 3. The smallest absolute Gasteiger partial charge is 0.201 e. The van der Waals surface area contributed by atoms with Crippen molar-refractivity contribution in [1.82, 2.24) is 0 Å². The van der Waals surface area contributed by atoms with Crippen LogP contribution in [0.1, 0.15) is 17.5 Å². The van der Waals surface area contributed by atoms with Crippen LogP contribution in [0.25, 0.3) is 5.57 Å². The lowest BCUT2D eigenvalue weighted by Crippen LogP contribution is -1.94. The van der Waals surface area contributed by atoms with Crippen LogP contribution in [0.15, 0.2) is 43.0 Å². The Morgan fingerprint density at radius 2 is 1.31 bits per heavy atom. The number of rotatable bonds is 5. The average molecular weight is 358 g/mol. The van der Waals surface area contributed by atoms with Crippen LogP contribution in [0.2, 0.25) is 0 Å². The predicted molar refractivity (Wildman–Crippen MR) is 99.4 cm³/mol. The van der Waals surface area contributed by atoms with Gasteiger partial charge < -0.3 is 29.5 Å². The van der Waals surface area contributed by atoms with Crippen molar-refractivity contribution in [3.05, 3.63) is 54.1 Å². The molecular formula is C20H22O6. The first-order chi connectivity index (χ1) is 12.4. The third kappa shape index (κ3) is 4.03. The summed E-state index contributed by atoms with van der Waals surface area (Å²) in [5.41, 5.74) is 1.28. The SMILES string of the molecule is C1=CC1.C=C(c1cc(OC)c(O)c(OC)c1)c1ccc(OC)c(O)c1O. The maximum atomic E-state index is 10.1. The molecule has 26 heavy (non-hydrogen) atoms. The summed E-state index contributed by atoms with van der Waals surface area (Å²) in [6.45, 7) is 3.93. The van der Waals surface area contributed by atoms with Gasteiger partial charge in [-0.25, -0.2) is 0 Å². The van der Waals surface area contributed by atoms with Crippen molar-refractivity contribution in [2.45, 2.75) is 6.42 Å². The molecule has 3 N–H and O–H groups in total. The van der Waals surface area contributed by atoms with Gasteiger partial charge in [0.2, 0.25) is 11.5 Å². The Morgan fingerprint density at radius 1 is 0.808 bits per heavy atom. The van der Waals surface area contributed by atoms with Crippen LogP contribution in [0.5, 0.6) is 34.5 Å². The van der Waals surface area contributed by atoms with E-state index in [0.29, 0.717) is 16.7 Å². The molecule has 3 rings (SSSR count). The summed E-state index contributed by atoms with van der Waals surface area (Å²) >= 11 is 0. The largest absolute Gasteiger partial charge is 0.504 e. The fourth-order valence-corrected chi connectivity index (χ4v) is 2.19. The van der Waals surface area contributed by atoms with E-state index < -0.39 is 0 Å². The van der Waals surface area contributed by atoms with Crippen LogP contribution in [0.3, 0.4) is 0 Å². The van der Waals surface area contributed by atoms with Gasteiger partial charge in [-0.2, -0.15) is 0 Å². The number of hydrogen-bond donors (Lipinski definition) is 3. The van der Waals surface area contributed by atoms with E-state index >= 15 is 0 Å². The van der Waals surface area contributed by atoms with E-state index in [2.05, 4.69) is 18.7 Å². The molecular weight excluding hydrogens is 336 g/mol. The topological polar surface area (TPSA) is 88.4 Å². The monoisotopic (exact) mass is 358 g/mol. The Bertz CT molecular complexity index is 809. The van der Waals surface area contributed by atoms with E-state index in [9.17, 15) is 15.3 Å². The lowest BCUT2D eigenvalue weighted by Gasteiger charge is -2.15. The highest BCUT2D eigenvalue weighted by atomic mass is 16.5. The Morgan fingerprint density at radius 3 is 1.73 bits per heavy atom. The van der Waals surface area contributed by atoms with Crippen LogP contribution in [0, 0.1) is 0 Å². The second kappa shape index (κ2) is 8.20. The van der Waals surface area contributed by atoms with Gasteiger partial charge in [0.1, 0.15) is 0 Å². The summed E-state index contributed by atoms with van der Waals surface area (Å²) in [6, 6.07) is 6.20. The second-order valence-corrected chi connectivity index (χ2v) is 5.43. The van der Waals surface area contributed by atoms with E-state index in [1.165, 1.54) is 33.8 Å². The summed E-state index contributed by atoms with van der Waals surface area (Å²) in [7, 11) is 4.22. The number of ether oxygens (including phenoxy) is 3. The minimum Gasteiger partial charge on any atom is -0.504 e. The number of phenolic OH excluding ortho intramolecular Hbond substituents is 3. The Balaban J connectivity index is 0.000000732. The molecule has 0 spiro atoms. The van der Waals surface area contributed by atoms with Gasteiger partial charge in [-0.15, -0.1) is 0 Å². The molecule has 0 unspecified atom stereocenters. The Labute approximate surface area is 152 Å². The second-order valence-electron chi connectivity index (χ2n) is 5.43. The van der Waals surface area contributed by atoms with Gasteiger partial charge in [0.15, 0.2) is 23.0 Å². The standard InChI is InChI=1S/C17H18O6.C3H4/c1-9(11-5-6-12(21-2)17(20)15(11)18)10-7-13(22-3)16(19)14(8-10)23-4;1-2-3-1/h5-8,18-20H,1H2,2-4H3;1-2H,3H2. The van der Waals surface area contributed by atoms with Crippen LogP contribution in [-0.2, 0) is 0 Å². The summed E-state index contributed by atoms with van der Waals surface area (Å²) in [5, 5.41) is 30.0. The zero-order valence-electron chi connectivity index (χ0n) is 14.9. The molecule has 6 nitrogen and oxygen atoms in total. The molecule has 0 radical (unpaired) electrons. The molecule has 1 aliphatic rings. The molecule has 6 heteroatoms. The molecule has 0 saturated heterocycles. The molecule has 2 aromatic carbocycles. The quantitative estimate of drug-likeness (QED) is 0.556. The number of hydrogen-bond acceptors (Lipinski definition) is 6. The summed E-state index contributed by atoms with van der Waals surface area (Å²) < 4.78 is 15.1. The van der Waals surface area contributed by atoms with Crippen molar-refractivity contribution in [3.8, 4) is 34.5 Å². The fourth-order valence-electron chi connectivity index (χ4n) is 2.19. The van der Waals surface area contributed by atoms with Crippen LogP contribution >= 0.6 is 0 Å². The molecule has 1 aliphatic carbocycles. The molecule has 0 saturated carbocycles. The molecule has 0 bridgehead atoms.